The number of ether oxygens (including phenoxy) is 2. The molecule has 0 saturated heterocycles. The van der Waals surface area contributed by atoms with Crippen LogP contribution in [0, 0.1) is 0 Å². The molecule has 20 heteroatoms. The number of aromatic amines is 1. The summed E-state index contributed by atoms with van der Waals surface area (Å²) in [5, 5.41) is 9.55. The molecule has 0 saturated carbocycles. The van der Waals surface area contributed by atoms with Crippen molar-refractivity contribution in [3.05, 3.63) is 95.1 Å². The molecule has 2 heterocycles. The topological polar surface area (TPSA) is 209 Å². The Morgan fingerprint density at radius 1 is 0.516 bits per heavy atom. The van der Waals surface area contributed by atoms with Gasteiger partial charge in [0.15, 0.2) is 0 Å². The lowest BCUT2D eigenvalue weighted by molar-refractivity contribution is -0.145. The van der Waals surface area contributed by atoms with Crippen molar-refractivity contribution >= 4 is 115 Å². The molecular weight excluding hydrogens is 881 g/mol. The molecular formula is C44H58N8O8Si4. The highest BCUT2D eigenvalue weighted by atomic mass is 28.4. The predicted molar refractivity (Wildman–Crippen MR) is 262 cm³/mol. The van der Waals surface area contributed by atoms with Crippen molar-refractivity contribution in [2.24, 2.45) is 0 Å². The lowest BCUT2D eigenvalue weighted by atomic mass is 10.1. The molecule has 0 aliphatic heterocycles. The molecule has 16 nitrogen and oxygen atoms in total. The van der Waals surface area contributed by atoms with Crippen LogP contribution in [0.5, 0.6) is 0 Å². The zero-order valence-corrected chi connectivity index (χ0v) is 42.6. The zero-order valence-electron chi connectivity index (χ0n) is 38.6. The second-order valence-corrected chi connectivity index (χ2v) is 39.1. The maximum absolute atomic E-state index is 13.2. The Morgan fingerprint density at radius 2 is 0.906 bits per heavy atom. The minimum atomic E-state index is -2.32. The molecule has 5 aromatic rings. The molecule has 0 aliphatic rings. The van der Waals surface area contributed by atoms with Crippen molar-refractivity contribution in [1.29, 1.82) is 0 Å². The van der Waals surface area contributed by atoms with Gasteiger partial charge in [0, 0.05) is 11.4 Å². The monoisotopic (exact) mass is 938 g/mol. The van der Waals surface area contributed by atoms with Crippen LogP contribution in [0.2, 0.25) is 78.6 Å². The van der Waals surface area contributed by atoms with Crippen molar-refractivity contribution in [1.82, 2.24) is 24.9 Å². The van der Waals surface area contributed by atoms with Crippen molar-refractivity contribution in [3.63, 3.8) is 0 Å². The standard InChI is InChI=1S/C44H58N8O8Si4/c1-61(2,3)27-57-37(53)33(38(54)58-28-62(4,5)6)25-29-17-21-31(22-18-29)45-41-49-42(51-44(50-41)52-43-47-35-15-13-14-16-36(35)48-43)46-32-23-19-30(20-24-32)26-34(39(55)59-63(7,8)9)40(56)60-64(10,11)12/h13-26H,27-28H2,1-12H3,(H4,45,46,47,48,49,50,51,52). The van der Waals surface area contributed by atoms with Crippen LogP contribution in [0.15, 0.2) is 83.9 Å². The summed E-state index contributed by atoms with van der Waals surface area (Å²) < 4.78 is 22.5. The van der Waals surface area contributed by atoms with Gasteiger partial charge < -0.3 is 33.9 Å². The van der Waals surface area contributed by atoms with Crippen LogP contribution in [0.25, 0.3) is 23.2 Å². The highest BCUT2D eigenvalue weighted by molar-refractivity contribution is 6.76. The van der Waals surface area contributed by atoms with Gasteiger partial charge in [-0.1, -0.05) is 75.7 Å². The number of esters is 2. The highest BCUT2D eigenvalue weighted by Gasteiger charge is 2.31. The third-order valence-corrected chi connectivity index (χ3v) is 11.8. The molecule has 4 N–H and O–H groups in total. The number of nitrogens with one attached hydrogen (secondary N) is 4. The van der Waals surface area contributed by atoms with Gasteiger partial charge >= 0.3 is 23.9 Å². The summed E-state index contributed by atoms with van der Waals surface area (Å²) in [5.41, 5.74) is 3.56. The number of benzene rings is 3. The Morgan fingerprint density at radius 3 is 1.30 bits per heavy atom. The average Bonchev–Trinajstić information content (AvgIpc) is 3.58. The van der Waals surface area contributed by atoms with Gasteiger partial charge in [-0.3, -0.25) is 5.32 Å². The largest absolute Gasteiger partial charge is 0.516 e. The Kier molecular flexibility index (Phi) is 15.3. The summed E-state index contributed by atoms with van der Waals surface area (Å²) in [6.07, 6.45) is 3.47. The molecule has 0 aliphatic carbocycles. The van der Waals surface area contributed by atoms with Gasteiger partial charge in [0.25, 0.3) is 0 Å². The van der Waals surface area contributed by atoms with Crippen LogP contribution in [0.4, 0.5) is 35.2 Å². The molecule has 3 aromatic carbocycles. The third kappa shape index (κ3) is 15.8. The van der Waals surface area contributed by atoms with E-state index >= 15 is 0 Å². The van der Waals surface area contributed by atoms with E-state index < -0.39 is 56.7 Å². The fourth-order valence-corrected chi connectivity index (χ4v) is 7.83. The van der Waals surface area contributed by atoms with Crippen LogP contribution >= 0.6 is 0 Å². The number of para-hydroxylation sites is 2. The van der Waals surface area contributed by atoms with Crippen LogP contribution in [0.1, 0.15) is 11.1 Å². The predicted octanol–water partition coefficient (Wildman–Crippen LogP) is 9.34. The van der Waals surface area contributed by atoms with E-state index in [4.69, 9.17) is 18.3 Å². The Balaban J connectivity index is 1.42. The summed E-state index contributed by atoms with van der Waals surface area (Å²) in [5.74, 6) is -1.94. The van der Waals surface area contributed by atoms with E-state index in [9.17, 15) is 19.2 Å². The number of hydrogen-bond acceptors (Lipinski definition) is 15. The van der Waals surface area contributed by atoms with Gasteiger partial charge in [0.05, 0.1) is 39.6 Å². The van der Waals surface area contributed by atoms with Gasteiger partial charge in [-0.25, -0.2) is 24.2 Å². The Hall–Kier alpha value is -6.23. The number of carbonyl (C=O) groups excluding carboxylic acids is 4. The maximum Gasteiger partial charge on any atom is 0.345 e. The second-order valence-electron chi connectivity index (χ2n) is 19.4. The summed E-state index contributed by atoms with van der Waals surface area (Å²) in [6, 6.07) is 21.5. The fourth-order valence-electron chi connectivity index (χ4n) is 5.37. The highest BCUT2D eigenvalue weighted by Crippen LogP contribution is 2.24. The van der Waals surface area contributed by atoms with Crippen molar-refractivity contribution in [3.8, 4) is 0 Å². The number of imidazole rings is 1. The molecule has 0 bridgehead atoms. The van der Waals surface area contributed by atoms with E-state index in [1.807, 2.05) is 63.5 Å². The first-order chi connectivity index (χ1) is 29.8. The molecule has 0 unspecified atom stereocenters. The van der Waals surface area contributed by atoms with Crippen molar-refractivity contribution in [2.45, 2.75) is 78.6 Å². The molecule has 338 valence electrons. The van der Waals surface area contributed by atoms with Gasteiger partial charge in [-0.2, -0.15) is 15.0 Å². The molecule has 0 amide bonds. The summed E-state index contributed by atoms with van der Waals surface area (Å²) >= 11 is 0. The molecule has 5 rings (SSSR count). The van der Waals surface area contributed by atoms with Crippen LogP contribution in [-0.2, 0) is 37.5 Å². The van der Waals surface area contributed by atoms with E-state index in [0.717, 1.165) is 11.0 Å². The van der Waals surface area contributed by atoms with Crippen LogP contribution in [0.3, 0.4) is 0 Å². The SMILES string of the molecule is C[Si](C)(C)COC(=O)C(=Cc1ccc(Nc2nc(Nc3ccc(C=C(C(=O)O[Si](C)(C)C)C(=O)O[Si](C)(C)C)cc3)nc(Nc3nc4ccccc4[nH]3)n2)cc1)C(=O)OC[Si](C)(C)C. The summed E-state index contributed by atoms with van der Waals surface area (Å²) in [7, 11) is -8.15. The van der Waals surface area contributed by atoms with E-state index in [1.165, 1.54) is 12.2 Å². The minimum absolute atomic E-state index is 0.169. The summed E-state index contributed by atoms with van der Waals surface area (Å²) in [4.78, 5) is 74.3. The Labute approximate surface area is 378 Å². The molecule has 0 atom stereocenters. The number of H-pyrrole nitrogens is 1. The molecule has 0 spiro atoms. The van der Waals surface area contributed by atoms with Crippen molar-refractivity contribution in [2.75, 3.05) is 28.4 Å². The summed E-state index contributed by atoms with van der Waals surface area (Å²) in [6.45, 7) is 23.6. The molecule has 64 heavy (non-hydrogen) atoms. The molecule has 0 fully saturated rings. The normalized spacial score (nSPS) is 11.8. The van der Waals surface area contributed by atoms with E-state index in [1.54, 1.807) is 48.5 Å². The zero-order chi connectivity index (χ0) is 47.0. The smallest absolute Gasteiger partial charge is 0.345 e. The average molecular weight is 939 g/mol. The van der Waals surface area contributed by atoms with Gasteiger partial charge in [-0.05, 0) is 99.0 Å². The van der Waals surface area contributed by atoms with E-state index in [2.05, 4.69) is 80.2 Å². The first kappa shape index (κ1) is 48.8. The number of anilines is 6. The lowest BCUT2D eigenvalue weighted by Crippen LogP contribution is -2.35. The van der Waals surface area contributed by atoms with E-state index in [-0.39, 0.29) is 41.5 Å². The van der Waals surface area contributed by atoms with Crippen LogP contribution in [-0.4, -0.2) is 94.0 Å². The van der Waals surface area contributed by atoms with Gasteiger partial charge in [0.1, 0.15) is 11.1 Å². The fraction of sp³-hybridized carbons (Fsp3) is 0.318. The van der Waals surface area contributed by atoms with Gasteiger partial charge in [0.2, 0.25) is 40.4 Å². The number of hydrogen-bond donors (Lipinski definition) is 4. The lowest BCUT2D eigenvalue weighted by Gasteiger charge is -2.21. The first-order valence-corrected chi connectivity index (χ1v) is 35.0. The number of rotatable bonds is 18. The number of fused-ring (bicyclic) bond motifs is 1. The number of nitrogens with zero attached hydrogens (tertiary/aromatic N) is 4. The quantitative estimate of drug-likeness (QED) is 0.0212. The second kappa shape index (κ2) is 20.1. The van der Waals surface area contributed by atoms with E-state index in [0.29, 0.717) is 28.5 Å². The first-order valence-electron chi connectivity index (χ1n) is 20.7. The number of carbonyl (C=O) groups is 4. The van der Waals surface area contributed by atoms with Crippen LogP contribution < -0.4 is 16.0 Å². The molecule has 0 radical (unpaired) electrons. The maximum atomic E-state index is 13.2. The Bertz CT molecular complexity index is 2460. The number of aromatic nitrogens is 5. The van der Waals surface area contributed by atoms with Crippen molar-refractivity contribution < 1.29 is 37.5 Å². The molecule has 2 aromatic heterocycles. The minimum Gasteiger partial charge on any atom is -0.516 e. The third-order valence-electron chi connectivity index (χ3n) is 8.16. The van der Waals surface area contributed by atoms with Gasteiger partial charge in [-0.15, -0.1) is 0 Å².